The molecule has 2 saturated heterocycles. The van der Waals surface area contributed by atoms with Crippen LogP contribution in [0.3, 0.4) is 0 Å². The predicted molar refractivity (Wildman–Crippen MR) is 163 cm³/mol. The van der Waals surface area contributed by atoms with Crippen LogP contribution in [-0.4, -0.2) is 38.8 Å². The molecule has 2 aromatic rings. The van der Waals surface area contributed by atoms with Gasteiger partial charge in [-0.25, -0.2) is 0 Å². The van der Waals surface area contributed by atoms with E-state index in [4.69, 9.17) is 12.2 Å². The normalized spacial score (nSPS) is 20.2. The van der Waals surface area contributed by atoms with Crippen molar-refractivity contribution in [2.75, 3.05) is 18.0 Å². The van der Waals surface area contributed by atoms with Gasteiger partial charge in [0, 0.05) is 31.2 Å². The van der Waals surface area contributed by atoms with Gasteiger partial charge in [0.1, 0.15) is 21.8 Å². The Labute approximate surface area is 240 Å². The fourth-order valence-corrected chi connectivity index (χ4v) is 7.72. The summed E-state index contributed by atoms with van der Waals surface area (Å²) in [6.45, 7) is 5.88. The highest BCUT2D eigenvalue weighted by molar-refractivity contribution is 8.26. The van der Waals surface area contributed by atoms with E-state index in [-0.39, 0.29) is 23.1 Å². The molecule has 8 heteroatoms. The molecular formula is C31H36N4O2S2. The molecule has 1 aromatic heterocycles. The molecule has 1 aliphatic carbocycles. The molecule has 3 aliphatic rings. The number of thiocarbonyl (C=S) groups is 1. The Morgan fingerprint density at radius 1 is 1.08 bits per heavy atom. The number of hydrogen-bond donors (Lipinski definition) is 0. The molecule has 3 heterocycles. The first kappa shape index (κ1) is 27.7. The number of nitrogens with zero attached hydrogens (tertiary/aromatic N) is 4. The molecule has 0 atom stereocenters. The minimum absolute atomic E-state index is 0.0448. The number of thioether (sulfide) groups is 1. The van der Waals surface area contributed by atoms with Crippen LogP contribution >= 0.6 is 24.0 Å². The number of amides is 1. The maximum absolute atomic E-state index is 13.6. The summed E-state index contributed by atoms with van der Waals surface area (Å²) < 4.78 is 2.33. The fourth-order valence-electron chi connectivity index (χ4n) is 6.34. The van der Waals surface area contributed by atoms with E-state index < -0.39 is 0 Å². The van der Waals surface area contributed by atoms with Crippen LogP contribution in [0.15, 0.2) is 40.0 Å². The molecule has 3 fully saturated rings. The fraction of sp³-hybridized carbons (Fsp3) is 0.484. The van der Waals surface area contributed by atoms with Crippen LogP contribution in [0.25, 0.3) is 6.08 Å². The molecule has 1 amide bonds. The van der Waals surface area contributed by atoms with Gasteiger partial charge in [-0.1, -0.05) is 73.6 Å². The Kier molecular flexibility index (Phi) is 8.58. The smallest absolute Gasteiger partial charge is 0.270 e. The average molecular weight is 561 g/mol. The molecule has 1 aromatic carbocycles. The van der Waals surface area contributed by atoms with E-state index in [2.05, 4.69) is 35.2 Å². The Hall–Kier alpha value is -2.89. The Balaban J connectivity index is 1.49. The maximum Gasteiger partial charge on any atom is 0.270 e. The molecule has 39 heavy (non-hydrogen) atoms. The zero-order valence-corrected chi connectivity index (χ0v) is 24.5. The molecule has 6 nitrogen and oxygen atoms in total. The van der Waals surface area contributed by atoms with Gasteiger partial charge in [-0.2, -0.15) is 5.26 Å². The van der Waals surface area contributed by atoms with Crippen molar-refractivity contribution in [3.8, 4) is 6.07 Å². The standard InChI is InChI=1S/C31H36N4O2S2/c1-3-34-28(33-16-14-23(15-17-33)18-22-10-6-4-7-11-22)25(21(2)26(20-32)29(34)36)19-27-30(37)35(31(38)39-27)24-12-8-5-9-13-24/h4,6-7,10-11,19,23-24H,3,5,8-9,12-18H2,1-2H3/b27-19-. The van der Waals surface area contributed by atoms with Crippen molar-refractivity contribution in [1.82, 2.24) is 9.47 Å². The second-order valence-electron chi connectivity index (χ2n) is 10.9. The van der Waals surface area contributed by atoms with E-state index in [0.29, 0.717) is 27.3 Å². The molecule has 204 valence electrons. The number of piperidine rings is 1. The van der Waals surface area contributed by atoms with E-state index in [9.17, 15) is 14.9 Å². The summed E-state index contributed by atoms with van der Waals surface area (Å²) in [5.74, 6) is 1.36. The lowest BCUT2D eigenvalue weighted by molar-refractivity contribution is -0.124. The molecule has 2 aliphatic heterocycles. The Morgan fingerprint density at radius 3 is 2.41 bits per heavy atom. The number of rotatable bonds is 6. The summed E-state index contributed by atoms with van der Waals surface area (Å²) in [5.41, 5.74) is 2.67. The van der Waals surface area contributed by atoms with Gasteiger partial charge in [0.25, 0.3) is 11.5 Å². The summed E-state index contributed by atoms with van der Waals surface area (Å²) in [7, 11) is 0. The number of hydrogen-bond acceptors (Lipinski definition) is 6. The second-order valence-corrected chi connectivity index (χ2v) is 12.5. The molecule has 0 N–H and O–H groups in total. The zero-order chi connectivity index (χ0) is 27.5. The highest BCUT2D eigenvalue weighted by Gasteiger charge is 2.38. The van der Waals surface area contributed by atoms with Crippen LogP contribution < -0.4 is 10.5 Å². The van der Waals surface area contributed by atoms with Crippen molar-refractivity contribution < 1.29 is 4.79 Å². The first-order chi connectivity index (χ1) is 18.9. The van der Waals surface area contributed by atoms with Gasteiger partial charge in [-0.15, -0.1) is 0 Å². The van der Waals surface area contributed by atoms with Gasteiger partial charge in [-0.05, 0) is 69.1 Å². The van der Waals surface area contributed by atoms with Crippen molar-refractivity contribution in [2.24, 2.45) is 5.92 Å². The molecule has 0 unspecified atom stereocenters. The number of carbonyl (C=O) groups is 1. The molecule has 0 bridgehead atoms. The van der Waals surface area contributed by atoms with Crippen LogP contribution in [0, 0.1) is 24.2 Å². The lowest BCUT2D eigenvalue weighted by atomic mass is 9.90. The lowest BCUT2D eigenvalue weighted by Gasteiger charge is -2.36. The summed E-state index contributed by atoms with van der Waals surface area (Å²) in [6, 6.07) is 12.9. The number of nitriles is 1. The van der Waals surface area contributed by atoms with Crippen molar-refractivity contribution in [3.63, 3.8) is 0 Å². The summed E-state index contributed by atoms with van der Waals surface area (Å²) in [5, 5.41) is 9.89. The van der Waals surface area contributed by atoms with Crippen LogP contribution in [0.2, 0.25) is 0 Å². The monoisotopic (exact) mass is 560 g/mol. The third-order valence-electron chi connectivity index (χ3n) is 8.48. The molecule has 1 saturated carbocycles. The molecular weight excluding hydrogens is 525 g/mol. The number of benzene rings is 1. The summed E-state index contributed by atoms with van der Waals surface area (Å²) >= 11 is 7.02. The van der Waals surface area contributed by atoms with Crippen LogP contribution in [-0.2, 0) is 17.8 Å². The van der Waals surface area contributed by atoms with Gasteiger partial charge >= 0.3 is 0 Å². The minimum Gasteiger partial charge on any atom is -0.357 e. The largest absolute Gasteiger partial charge is 0.357 e. The first-order valence-electron chi connectivity index (χ1n) is 14.2. The highest BCUT2D eigenvalue weighted by Crippen LogP contribution is 2.39. The van der Waals surface area contributed by atoms with Crippen molar-refractivity contribution in [2.45, 2.75) is 77.8 Å². The topological polar surface area (TPSA) is 69.3 Å². The van der Waals surface area contributed by atoms with Crippen LogP contribution in [0.4, 0.5) is 5.82 Å². The van der Waals surface area contributed by atoms with E-state index >= 15 is 0 Å². The van der Waals surface area contributed by atoms with Crippen LogP contribution in [0.1, 0.15) is 74.1 Å². The molecule has 0 radical (unpaired) electrons. The molecule has 5 rings (SSSR count). The van der Waals surface area contributed by atoms with Gasteiger partial charge in [-0.3, -0.25) is 19.1 Å². The van der Waals surface area contributed by atoms with Crippen molar-refractivity contribution in [3.05, 3.63) is 67.8 Å². The first-order valence-corrected chi connectivity index (χ1v) is 15.4. The zero-order valence-electron chi connectivity index (χ0n) is 22.8. The SMILES string of the molecule is CCn1c(N2CCC(Cc3ccccc3)CC2)c(/C=C2\SC(=S)N(C3CCCCC3)C2=O)c(C)c(C#N)c1=O. The average Bonchev–Trinajstić information content (AvgIpc) is 3.24. The second kappa shape index (κ2) is 12.1. The van der Waals surface area contributed by atoms with E-state index in [1.807, 2.05) is 30.9 Å². The Bertz CT molecular complexity index is 1380. The third-order valence-corrected chi connectivity index (χ3v) is 9.81. The van der Waals surface area contributed by atoms with Gasteiger partial charge in [0.2, 0.25) is 0 Å². The third kappa shape index (κ3) is 5.57. The quantitative estimate of drug-likeness (QED) is 0.317. The number of carbonyl (C=O) groups excluding carboxylic acids is 1. The summed E-state index contributed by atoms with van der Waals surface area (Å²) in [4.78, 5) is 31.7. The van der Waals surface area contributed by atoms with E-state index in [1.54, 1.807) is 4.57 Å². The van der Waals surface area contributed by atoms with Gasteiger partial charge < -0.3 is 4.90 Å². The minimum atomic E-state index is -0.259. The number of aromatic nitrogens is 1. The predicted octanol–water partition coefficient (Wildman–Crippen LogP) is 6.04. The van der Waals surface area contributed by atoms with Gasteiger partial charge in [0.05, 0.1) is 4.91 Å². The van der Waals surface area contributed by atoms with Gasteiger partial charge in [0.15, 0.2) is 0 Å². The van der Waals surface area contributed by atoms with E-state index in [1.165, 1.54) is 23.7 Å². The van der Waals surface area contributed by atoms with Crippen molar-refractivity contribution >= 4 is 46.1 Å². The lowest BCUT2D eigenvalue weighted by Crippen LogP contribution is -2.40. The molecule has 0 spiro atoms. The van der Waals surface area contributed by atoms with Crippen LogP contribution in [0.5, 0.6) is 0 Å². The van der Waals surface area contributed by atoms with Crippen molar-refractivity contribution in [1.29, 1.82) is 5.26 Å². The number of pyridine rings is 1. The van der Waals surface area contributed by atoms with E-state index in [0.717, 1.165) is 69.4 Å². The maximum atomic E-state index is 13.6. The number of anilines is 1. The summed E-state index contributed by atoms with van der Waals surface area (Å²) in [6.07, 6.45) is 10.4. The Morgan fingerprint density at radius 2 is 1.77 bits per heavy atom. The highest BCUT2D eigenvalue weighted by atomic mass is 32.2.